The quantitative estimate of drug-likeness (QED) is 0.904. The molecule has 2 aliphatic rings. The van der Waals surface area contributed by atoms with Crippen molar-refractivity contribution in [1.82, 2.24) is 14.9 Å². The fourth-order valence-corrected chi connectivity index (χ4v) is 5.21. The van der Waals surface area contributed by atoms with E-state index in [1.807, 2.05) is 11.3 Å². The average molecular weight is 332 g/mol. The second-order valence-corrected chi connectivity index (χ2v) is 8.09. The molecule has 0 bridgehead atoms. The topological polar surface area (TPSA) is 61.3 Å². The van der Waals surface area contributed by atoms with Crippen LogP contribution >= 0.6 is 11.3 Å². The highest BCUT2D eigenvalue weighted by atomic mass is 32.1. The lowest BCUT2D eigenvalue weighted by Gasteiger charge is -2.36. The lowest BCUT2D eigenvalue weighted by atomic mass is 9.88. The number of aryl methyl sites for hydroxylation is 2. The first kappa shape index (κ1) is 15.3. The number of aliphatic hydroxyl groups excluding tert-OH is 1. The minimum atomic E-state index is -0.326. The molecule has 0 aliphatic heterocycles. The maximum atomic E-state index is 10.5. The third-order valence-corrected chi connectivity index (χ3v) is 6.54. The van der Waals surface area contributed by atoms with Gasteiger partial charge in [-0.25, -0.2) is 9.97 Å². The summed E-state index contributed by atoms with van der Waals surface area (Å²) in [4.78, 5) is 13.7. The Balaban J connectivity index is 1.59. The maximum Gasteiger partial charge on any atom is 0.138 e. The first-order chi connectivity index (χ1) is 11.1. The van der Waals surface area contributed by atoms with Crippen molar-refractivity contribution >= 4 is 27.4 Å². The Morgan fingerprint density at radius 3 is 2.91 bits per heavy atom. The highest BCUT2D eigenvalue weighted by Crippen LogP contribution is 2.39. The van der Waals surface area contributed by atoms with E-state index < -0.39 is 0 Å². The van der Waals surface area contributed by atoms with Gasteiger partial charge in [0.1, 0.15) is 17.0 Å². The first-order valence-corrected chi connectivity index (χ1v) is 9.31. The minimum Gasteiger partial charge on any atom is -0.391 e. The van der Waals surface area contributed by atoms with Crippen LogP contribution in [0.5, 0.6) is 0 Å². The second kappa shape index (κ2) is 6.00. The Hall–Kier alpha value is -1.24. The van der Waals surface area contributed by atoms with Gasteiger partial charge in [-0.15, -0.1) is 11.3 Å². The Morgan fingerprint density at radius 2 is 2.13 bits per heavy atom. The highest BCUT2D eigenvalue weighted by molar-refractivity contribution is 7.19. The van der Waals surface area contributed by atoms with E-state index in [1.54, 1.807) is 6.33 Å². The van der Waals surface area contributed by atoms with Gasteiger partial charge in [0.15, 0.2) is 0 Å². The van der Waals surface area contributed by atoms with Gasteiger partial charge >= 0.3 is 0 Å². The van der Waals surface area contributed by atoms with E-state index in [1.165, 1.54) is 28.7 Å². The number of hydrogen-bond acceptors (Lipinski definition) is 6. The summed E-state index contributed by atoms with van der Waals surface area (Å²) in [5.74, 6) is 0.918. The third-order valence-electron chi connectivity index (χ3n) is 5.34. The number of rotatable bonds is 3. The summed E-state index contributed by atoms with van der Waals surface area (Å²) in [7, 11) is 4.18. The predicted molar refractivity (Wildman–Crippen MR) is 94.2 cm³/mol. The highest BCUT2D eigenvalue weighted by Gasteiger charge is 2.31. The number of nitrogens with one attached hydrogen (secondary N) is 1. The van der Waals surface area contributed by atoms with Gasteiger partial charge < -0.3 is 15.3 Å². The third kappa shape index (κ3) is 2.73. The SMILES string of the molecule is CN(C)[C@@H]1CC[C@@H](Nc2ncnc3sc4c(c23)CCC4)[C@@H](O)C1. The maximum absolute atomic E-state index is 10.5. The van der Waals surface area contributed by atoms with Crippen LogP contribution in [0.25, 0.3) is 10.2 Å². The molecule has 5 nitrogen and oxygen atoms in total. The summed E-state index contributed by atoms with van der Waals surface area (Å²) < 4.78 is 0. The molecule has 124 valence electrons. The molecule has 0 saturated heterocycles. The van der Waals surface area contributed by atoms with Crippen molar-refractivity contribution in [3.63, 3.8) is 0 Å². The van der Waals surface area contributed by atoms with E-state index in [9.17, 15) is 5.11 Å². The van der Waals surface area contributed by atoms with Crippen molar-refractivity contribution in [1.29, 1.82) is 0 Å². The number of aliphatic hydroxyl groups is 1. The molecule has 2 aromatic heterocycles. The second-order valence-electron chi connectivity index (χ2n) is 7.01. The molecular formula is C17H24N4OS. The van der Waals surface area contributed by atoms with Crippen LogP contribution in [-0.2, 0) is 12.8 Å². The van der Waals surface area contributed by atoms with Crippen LogP contribution in [0.3, 0.4) is 0 Å². The van der Waals surface area contributed by atoms with Gasteiger partial charge in [-0.2, -0.15) is 0 Å². The normalized spacial score (nSPS) is 27.6. The molecule has 0 unspecified atom stereocenters. The van der Waals surface area contributed by atoms with Crippen LogP contribution in [0.4, 0.5) is 5.82 Å². The van der Waals surface area contributed by atoms with Crippen molar-refractivity contribution in [2.24, 2.45) is 0 Å². The van der Waals surface area contributed by atoms with Gasteiger partial charge in [0.2, 0.25) is 0 Å². The van der Waals surface area contributed by atoms with E-state index in [4.69, 9.17) is 0 Å². The number of thiophene rings is 1. The van der Waals surface area contributed by atoms with Gasteiger partial charge in [-0.1, -0.05) is 0 Å². The molecule has 2 N–H and O–H groups in total. The molecule has 2 aliphatic carbocycles. The fourth-order valence-electron chi connectivity index (χ4n) is 3.98. The largest absolute Gasteiger partial charge is 0.391 e. The summed E-state index contributed by atoms with van der Waals surface area (Å²) in [6, 6.07) is 0.556. The lowest BCUT2D eigenvalue weighted by molar-refractivity contribution is 0.0710. The Morgan fingerprint density at radius 1 is 1.26 bits per heavy atom. The van der Waals surface area contributed by atoms with Crippen molar-refractivity contribution < 1.29 is 5.11 Å². The van der Waals surface area contributed by atoms with Crippen LogP contribution in [0.1, 0.15) is 36.1 Å². The Labute approximate surface area is 140 Å². The average Bonchev–Trinajstić information content (AvgIpc) is 3.09. The molecule has 3 atom stereocenters. The molecule has 2 heterocycles. The van der Waals surface area contributed by atoms with Crippen molar-refractivity contribution in [3.05, 3.63) is 16.8 Å². The molecule has 2 aromatic rings. The smallest absolute Gasteiger partial charge is 0.138 e. The van der Waals surface area contributed by atoms with Crippen LogP contribution < -0.4 is 5.32 Å². The van der Waals surface area contributed by atoms with E-state index in [0.717, 1.165) is 36.3 Å². The molecule has 1 fully saturated rings. The Bertz CT molecular complexity index is 714. The summed E-state index contributed by atoms with van der Waals surface area (Å²) in [6.45, 7) is 0. The molecule has 0 amide bonds. The number of anilines is 1. The van der Waals surface area contributed by atoms with E-state index in [0.29, 0.717) is 6.04 Å². The standard InChI is InChI=1S/C17H24N4OS/c1-21(2)10-6-7-12(13(22)8-10)20-16-15-11-4-3-5-14(11)23-17(15)19-9-18-16/h9-10,12-13,22H,3-8H2,1-2H3,(H,18,19,20)/t10-,12-,13+/m1/s1. The van der Waals surface area contributed by atoms with Gasteiger partial charge in [0.25, 0.3) is 0 Å². The lowest BCUT2D eigenvalue weighted by Crippen LogP contribution is -2.45. The molecule has 6 heteroatoms. The summed E-state index contributed by atoms with van der Waals surface area (Å²) in [5.41, 5.74) is 1.43. The summed E-state index contributed by atoms with van der Waals surface area (Å²) in [5, 5.41) is 15.3. The van der Waals surface area contributed by atoms with Crippen LogP contribution in [0.2, 0.25) is 0 Å². The molecule has 4 rings (SSSR count). The minimum absolute atomic E-state index is 0.0845. The van der Waals surface area contributed by atoms with E-state index >= 15 is 0 Å². The fraction of sp³-hybridized carbons (Fsp3) is 0.647. The zero-order valence-electron chi connectivity index (χ0n) is 13.7. The van der Waals surface area contributed by atoms with Gasteiger partial charge in [-0.05, 0) is 58.2 Å². The van der Waals surface area contributed by atoms with E-state index in [2.05, 4.69) is 34.3 Å². The van der Waals surface area contributed by atoms with Crippen LogP contribution in [0, 0.1) is 0 Å². The zero-order chi connectivity index (χ0) is 16.0. The van der Waals surface area contributed by atoms with Gasteiger partial charge in [0.05, 0.1) is 17.5 Å². The molecule has 0 aromatic carbocycles. The molecule has 0 radical (unpaired) electrons. The molecule has 1 saturated carbocycles. The number of nitrogens with zero attached hydrogens (tertiary/aromatic N) is 3. The van der Waals surface area contributed by atoms with Crippen LogP contribution in [0.15, 0.2) is 6.33 Å². The Kier molecular flexibility index (Phi) is 3.99. The first-order valence-electron chi connectivity index (χ1n) is 8.49. The zero-order valence-corrected chi connectivity index (χ0v) is 14.6. The molecule has 0 spiro atoms. The number of aromatic nitrogens is 2. The van der Waals surface area contributed by atoms with E-state index in [-0.39, 0.29) is 12.1 Å². The van der Waals surface area contributed by atoms with Crippen molar-refractivity contribution in [2.75, 3.05) is 19.4 Å². The molecule has 23 heavy (non-hydrogen) atoms. The van der Waals surface area contributed by atoms with Crippen LogP contribution in [-0.4, -0.2) is 52.3 Å². The monoisotopic (exact) mass is 332 g/mol. The van der Waals surface area contributed by atoms with Gasteiger partial charge in [-0.3, -0.25) is 0 Å². The number of fused-ring (bicyclic) bond motifs is 3. The van der Waals surface area contributed by atoms with Crippen molar-refractivity contribution in [2.45, 2.75) is 56.7 Å². The molecular weight excluding hydrogens is 308 g/mol. The number of hydrogen-bond donors (Lipinski definition) is 2. The van der Waals surface area contributed by atoms with Gasteiger partial charge in [0, 0.05) is 10.9 Å². The summed E-state index contributed by atoms with van der Waals surface area (Å²) >= 11 is 1.81. The van der Waals surface area contributed by atoms with Crippen molar-refractivity contribution in [3.8, 4) is 0 Å². The summed E-state index contributed by atoms with van der Waals surface area (Å²) in [6.07, 6.45) is 7.77. The predicted octanol–water partition coefficient (Wildman–Crippen LogP) is 2.44.